The molecule has 7 heteroatoms. The van der Waals surface area contributed by atoms with Crippen LogP contribution < -0.4 is 0 Å². The molecule has 0 bridgehead atoms. The fraction of sp³-hybridized carbons (Fsp3) is 0.250. The predicted molar refractivity (Wildman–Crippen MR) is 82.2 cm³/mol. The van der Waals surface area contributed by atoms with E-state index in [0.717, 1.165) is 15.0 Å². The van der Waals surface area contributed by atoms with E-state index in [4.69, 9.17) is 5.11 Å². The van der Waals surface area contributed by atoms with Crippen molar-refractivity contribution in [1.82, 2.24) is 14.8 Å². The number of carboxylic acid groups (broad SMARTS) is 1. The minimum absolute atomic E-state index is 0.00947. The number of rotatable bonds is 5. The van der Waals surface area contributed by atoms with Gasteiger partial charge in [-0.15, -0.1) is 10.2 Å². The third kappa shape index (κ3) is 3.47. The summed E-state index contributed by atoms with van der Waals surface area (Å²) in [6, 6.07) is 7.99. The maximum Gasteiger partial charge on any atom is 0.313 e. The number of aromatic nitrogens is 3. The predicted octanol–water partition coefficient (Wildman–Crippen LogP) is 2.75. The van der Waals surface area contributed by atoms with E-state index in [9.17, 15) is 4.79 Å². The summed E-state index contributed by atoms with van der Waals surface area (Å²) in [5.41, 5.74) is 0.989. The van der Waals surface area contributed by atoms with Crippen molar-refractivity contribution in [1.29, 1.82) is 0 Å². The number of carboxylic acids is 1. The topological polar surface area (TPSA) is 68.0 Å². The zero-order valence-electron chi connectivity index (χ0n) is 10.2. The first-order chi connectivity index (χ1) is 9.11. The Bertz CT molecular complexity index is 600. The van der Waals surface area contributed by atoms with Crippen LogP contribution in [0.2, 0.25) is 0 Å². The Morgan fingerprint density at radius 3 is 2.89 bits per heavy atom. The van der Waals surface area contributed by atoms with Crippen molar-refractivity contribution < 1.29 is 9.90 Å². The van der Waals surface area contributed by atoms with Gasteiger partial charge in [-0.05, 0) is 41.6 Å². The van der Waals surface area contributed by atoms with Gasteiger partial charge < -0.3 is 9.67 Å². The number of hydrogen-bond donors (Lipinski definition) is 1. The maximum absolute atomic E-state index is 10.6. The van der Waals surface area contributed by atoms with Crippen LogP contribution in [-0.4, -0.2) is 31.6 Å². The average molecular weight is 389 g/mol. The summed E-state index contributed by atoms with van der Waals surface area (Å²) in [7, 11) is 0. The summed E-state index contributed by atoms with van der Waals surface area (Å²) in [5, 5.41) is 17.6. The van der Waals surface area contributed by atoms with Crippen molar-refractivity contribution >= 4 is 40.3 Å². The molecule has 0 aliphatic rings. The van der Waals surface area contributed by atoms with Gasteiger partial charge in [-0.3, -0.25) is 4.79 Å². The van der Waals surface area contributed by atoms with Crippen LogP contribution >= 0.6 is 34.4 Å². The number of hydrogen-bond acceptors (Lipinski definition) is 4. The average Bonchev–Trinajstić information content (AvgIpc) is 2.79. The maximum atomic E-state index is 10.6. The molecule has 0 aliphatic carbocycles. The summed E-state index contributed by atoms with van der Waals surface area (Å²) in [5.74, 6) is -0.0925. The number of nitrogens with zero attached hydrogens (tertiary/aromatic N) is 3. The number of thioether (sulfide) groups is 1. The quantitative estimate of drug-likeness (QED) is 0.629. The van der Waals surface area contributed by atoms with Crippen LogP contribution in [-0.2, 0) is 11.3 Å². The van der Waals surface area contributed by atoms with E-state index in [1.807, 2.05) is 35.8 Å². The van der Waals surface area contributed by atoms with Gasteiger partial charge in [0.2, 0.25) is 0 Å². The summed E-state index contributed by atoms with van der Waals surface area (Å²) in [4.78, 5) is 10.6. The highest BCUT2D eigenvalue weighted by Gasteiger charge is 2.14. The first-order valence-electron chi connectivity index (χ1n) is 5.65. The summed E-state index contributed by atoms with van der Waals surface area (Å²) in [6.45, 7) is 2.70. The number of aliphatic carboxylic acids is 1. The molecule has 1 heterocycles. The molecule has 0 aliphatic heterocycles. The SMILES string of the molecule is CCn1c(SCC(=O)O)nnc1-c1cccc(I)c1. The van der Waals surface area contributed by atoms with E-state index in [-0.39, 0.29) is 5.75 Å². The molecule has 2 rings (SSSR count). The first-order valence-corrected chi connectivity index (χ1v) is 7.72. The smallest absolute Gasteiger partial charge is 0.313 e. The van der Waals surface area contributed by atoms with E-state index in [0.29, 0.717) is 11.7 Å². The molecule has 1 aromatic heterocycles. The molecular weight excluding hydrogens is 377 g/mol. The van der Waals surface area contributed by atoms with Crippen molar-refractivity contribution in [2.45, 2.75) is 18.6 Å². The minimum atomic E-state index is -0.855. The lowest BCUT2D eigenvalue weighted by Crippen LogP contribution is -2.03. The van der Waals surface area contributed by atoms with Gasteiger partial charge in [0.1, 0.15) is 0 Å². The molecule has 0 radical (unpaired) electrons. The van der Waals surface area contributed by atoms with Crippen LogP contribution in [0.25, 0.3) is 11.4 Å². The van der Waals surface area contributed by atoms with Gasteiger partial charge in [-0.25, -0.2) is 0 Å². The van der Waals surface area contributed by atoms with Gasteiger partial charge in [-0.2, -0.15) is 0 Å². The van der Waals surface area contributed by atoms with Crippen molar-refractivity contribution in [2.24, 2.45) is 0 Å². The molecular formula is C12H12IN3O2S. The summed E-state index contributed by atoms with van der Waals surface area (Å²) < 4.78 is 3.06. The van der Waals surface area contributed by atoms with Gasteiger partial charge in [0.25, 0.3) is 0 Å². The van der Waals surface area contributed by atoms with E-state index in [1.165, 1.54) is 11.8 Å². The Morgan fingerprint density at radius 1 is 1.47 bits per heavy atom. The third-order valence-corrected chi connectivity index (χ3v) is 4.06. The Morgan fingerprint density at radius 2 is 2.26 bits per heavy atom. The van der Waals surface area contributed by atoms with E-state index in [2.05, 4.69) is 32.8 Å². The molecule has 2 aromatic rings. The molecule has 19 heavy (non-hydrogen) atoms. The third-order valence-electron chi connectivity index (χ3n) is 2.44. The highest BCUT2D eigenvalue weighted by molar-refractivity contribution is 14.1. The zero-order valence-corrected chi connectivity index (χ0v) is 13.2. The Hall–Kier alpha value is -1.09. The molecule has 0 saturated carbocycles. The van der Waals surface area contributed by atoms with Gasteiger partial charge >= 0.3 is 5.97 Å². The van der Waals surface area contributed by atoms with Crippen molar-refractivity contribution in [3.63, 3.8) is 0 Å². The normalized spacial score (nSPS) is 10.6. The highest BCUT2D eigenvalue weighted by Crippen LogP contribution is 2.24. The lowest BCUT2D eigenvalue weighted by Gasteiger charge is -2.06. The molecule has 0 fully saturated rings. The van der Waals surface area contributed by atoms with Crippen LogP contribution in [0.1, 0.15) is 6.92 Å². The molecule has 1 N–H and O–H groups in total. The van der Waals surface area contributed by atoms with Crippen molar-refractivity contribution in [3.05, 3.63) is 27.8 Å². The molecule has 0 atom stereocenters. The van der Waals surface area contributed by atoms with Crippen LogP contribution in [0.3, 0.4) is 0 Å². The van der Waals surface area contributed by atoms with Gasteiger partial charge in [0, 0.05) is 15.7 Å². The minimum Gasteiger partial charge on any atom is -0.481 e. The van der Waals surface area contributed by atoms with Crippen molar-refractivity contribution in [2.75, 3.05) is 5.75 Å². The second-order valence-electron chi connectivity index (χ2n) is 3.74. The van der Waals surface area contributed by atoms with E-state index >= 15 is 0 Å². The highest BCUT2D eigenvalue weighted by atomic mass is 127. The second kappa shape index (κ2) is 6.38. The zero-order chi connectivity index (χ0) is 13.8. The lowest BCUT2D eigenvalue weighted by atomic mass is 10.2. The van der Waals surface area contributed by atoms with E-state index in [1.54, 1.807) is 0 Å². The van der Waals surface area contributed by atoms with Crippen LogP contribution in [0.15, 0.2) is 29.4 Å². The van der Waals surface area contributed by atoms with E-state index < -0.39 is 5.97 Å². The summed E-state index contributed by atoms with van der Waals surface area (Å²) in [6.07, 6.45) is 0. The van der Waals surface area contributed by atoms with Crippen LogP contribution in [0.5, 0.6) is 0 Å². The van der Waals surface area contributed by atoms with Crippen molar-refractivity contribution in [3.8, 4) is 11.4 Å². The fourth-order valence-corrected chi connectivity index (χ4v) is 2.91. The first kappa shape index (κ1) is 14.3. The van der Waals surface area contributed by atoms with Gasteiger partial charge in [0.15, 0.2) is 11.0 Å². The Kier molecular flexibility index (Phi) is 4.81. The van der Waals surface area contributed by atoms with Crippen LogP contribution in [0.4, 0.5) is 0 Å². The summed E-state index contributed by atoms with van der Waals surface area (Å²) >= 11 is 3.44. The molecule has 100 valence electrons. The molecule has 0 unspecified atom stereocenters. The fourth-order valence-electron chi connectivity index (χ4n) is 1.65. The Balaban J connectivity index is 2.34. The molecule has 0 amide bonds. The monoisotopic (exact) mass is 389 g/mol. The van der Waals surface area contributed by atoms with Crippen LogP contribution in [0, 0.1) is 3.57 Å². The largest absolute Gasteiger partial charge is 0.481 e. The lowest BCUT2D eigenvalue weighted by molar-refractivity contribution is -0.133. The van der Waals surface area contributed by atoms with Gasteiger partial charge in [-0.1, -0.05) is 23.9 Å². The molecule has 0 saturated heterocycles. The van der Waals surface area contributed by atoms with Gasteiger partial charge in [0.05, 0.1) is 5.75 Å². The molecule has 0 spiro atoms. The molecule has 1 aromatic carbocycles. The Labute approximate surface area is 128 Å². The number of benzene rings is 1. The molecule has 5 nitrogen and oxygen atoms in total. The number of carbonyl (C=O) groups is 1. The standard InChI is InChI=1S/C12H12IN3O2S/c1-2-16-11(8-4-3-5-9(13)6-8)14-15-12(16)19-7-10(17)18/h3-6H,2,7H2,1H3,(H,17,18). The number of halogens is 1. The second-order valence-corrected chi connectivity index (χ2v) is 5.93.